The van der Waals surface area contributed by atoms with Crippen molar-refractivity contribution in [1.82, 2.24) is 9.88 Å². The summed E-state index contributed by atoms with van der Waals surface area (Å²) in [7, 11) is 1.67. The molecular formula is C26H33F2N3O4. The first-order valence-corrected chi connectivity index (χ1v) is 11.9. The number of alkyl halides is 2. The number of likely N-dealkylation sites (tertiary alicyclic amines) is 1. The third kappa shape index (κ3) is 5.47. The van der Waals surface area contributed by atoms with Crippen LogP contribution in [0.1, 0.15) is 43.0 Å². The Hall–Kier alpha value is -2.62. The number of halogens is 2. The number of nitrogens with zero attached hydrogens (tertiary/aromatic N) is 2. The molecule has 0 spiro atoms. The molecule has 2 aliphatic heterocycles. The van der Waals surface area contributed by atoms with Gasteiger partial charge in [-0.3, -0.25) is 9.69 Å². The summed E-state index contributed by atoms with van der Waals surface area (Å²) in [5.41, 5.74) is 1.82. The molecule has 0 aliphatic carbocycles. The standard InChI is InChI=1S/C26H33F2N3O4/c1-16(2)18-7-5-6-8-19(18)26(14-31(15-26)21(11-12-33-4)22-13-34-22)24(32)30-20-10-9-17(3)29-23(20)35-25(27)28/h5-10,16,21-22,25H,11-15H2,1-4H3,(H,30,32). The first kappa shape index (κ1) is 25.5. The zero-order valence-corrected chi connectivity index (χ0v) is 20.6. The van der Waals surface area contributed by atoms with E-state index < -0.39 is 12.0 Å². The number of hydrogen-bond acceptors (Lipinski definition) is 6. The van der Waals surface area contributed by atoms with Crippen LogP contribution in [0.15, 0.2) is 36.4 Å². The molecule has 0 radical (unpaired) electrons. The van der Waals surface area contributed by atoms with Crippen LogP contribution in [0.3, 0.4) is 0 Å². The highest BCUT2D eigenvalue weighted by Crippen LogP contribution is 2.43. The van der Waals surface area contributed by atoms with Crippen LogP contribution in [0.2, 0.25) is 0 Å². The molecule has 1 aromatic heterocycles. The molecule has 1 N–H and O–H groups in total. The van der Waals surface area contributed by atoms with Gasteiger partial charge in [-0.25, -0.2) is 4.98 Å². The van der Waals surface area contributed by atoms with Crippen molar-refractivity contribution in [3.8, 4) is 5.88 Å². The quantitative estimate of drug-likeness (QED) is 0.479. The number of pyridine rings is 1. The van der Waals surface area contributed by atoms with E-state index in [4.69, 9.17) is 9.47 Å². The van der Waals surface area contributed by atoms with E-state index in [2.05, 4.69) is 33.8 Å². The van der Waals surface area contributed by atoms with Gasteiger partial charge in [0, 0.05) is 38.5 Å². The summed E-state index contributed by atoms with van der Waals surface area (Å²) in [6.07, 6.45) is 0.942. The fourth-order valence-electron chi connectivity index (χ4n) is 4.92. The SMILES string of the molecule is COCCC(C1CO1)N1CC(C(=O)Nc2ccc(C)nc2OC(F)F)(c2ccccc2C(C)C)C1. The third-order valence-electron chi connectivity index (χ3n) is 6.80. The molecule has 0 bridgehead atoms. The topological polar surface area (TPSA) is 76.2 Å². The Bertz CT molecular complexity index is 1040. The van der Waals surface area contributed by atoms with Crippen molar-refractivity contribution in [2.75, 3.05) is 38.7 Å². The maximum Gasteiger partial charge on any atom is 0.388 e. The molecule has 4 rings (SSSR count). The van der Waals surface area contributed by atoms with Gasteiger partial charge in [0.2, 0.25) is 11.8 Å². The van der Waals surface area contributed by atoms with E-state index in [0.29, 0.717) is 32.0 Å². The van der Waals surface area contributed by atoms with Crippen molar-refractivity contribution >= 4 is 11.6 Å². The number of anilines is 1. The summed E-state index contributed by atoms with van der Waals surface area (Å²) in [6, 6.07) is 11.3. The number of epoxide rings is 1. The van der Waals surface area contributed by atoms with Crippen LogP contribution < -0.4 is 10.1 Å². The minimum Gasteiger partial charge on any atom is -0.415 e. The van der Waals surface area contributed by atoms with E-state index in [9.17, 15) is 13.6 Å². The highest BCUT2D eigenvalue weighted by molar-refractivity contribution is 6.01. The number of aromatic nitrogens is 1. The van der Waals surface area contributed by atoms with E-state index in [1.807, 2.05) is 24.3 Å². The summed E-state index contributed by atoms with van der Waals surface area (Å²) in [4.78, 5) is 20.2. The zero-order valence-electron chi connectivity index (χ0n) is 20.6. The average Bonchev–Trinajstić information content (AvgIpc) is 3.62. The third-order valence-corrected chi connectivity index (χ3v) is 6.80. The summed E-state index contributed by atoms with van der Waals surface area (Å²) in [5.74, 6) is -0.352. The second-order valence-electron chi connectivity index (χ2n) is 9.59. The molecule has 3 heterocycles. The van der Waals surface area contributed by atoms with Crippen molar-refractivity contribution in [2.24, 2.45) is 0 Å². The normalized spacial score (nSPS) is 19.9. The molecule has 2 fully saturated rings. The molecular weight excluding hydrogens is 456 g/mol. The van der Waals surface area contributed by atoms with Gasteiger partial charge in [0.05, 0.1) is 18.1 Å². The number of amides is 1. The molecule has 0 saturated carbocycles. The van der Waals surface area contributed by atoms with Crippen LogP contribution in [0.5, 0.6) is 5.88 Å². The number of aryl methyl sites for hydroxylation is 1. The second kappa shape index (κ2) is 10.6. The highest BCUT2D eigenvalue weighted by atomic mass is 19.3. The Morgan fingerprint density at radius 2 is 1.97 bits per heavy atom. The Labute approximate surface area is 204 Å². The predicted octanol–water partition coefficient (Wildman–Crippen LogP) is 4.11. The first-order chi connectivity index (χ1) is 16.7. The molecule has 2 aromatic rings. The maximum atomic E-state index is 13.9. The van der Waals surface area contributed by atoms with Crippen LogP contribution in [0, 0.1) is 6.92 Å². The molecule has 7 nitrogen and oxygen atoms in total. The predicted molar refractivity (Wildman–Crippen MR) is 128 cm³/mol. The highest BCUT2D eigenvalue weighted by Gasteiger charge is 2.55. The number of rotatable bonds is 11. The number of carbonyl (C=O) groups excluding carboxylic acids is 1. The summed E-state index contributed by atoms with van der Waals surface area (Å²) < 4.78 is 41.5. The van der Waals surface area contributed by atoms with Crippen molar-refractivity contribution in [3.63, 3.8) is 0 Å². The van der Waals surface area contributed by atoms with Crippen LogP contribution in [0.25, 0.3) is 0 Å². The van der Waals surface area contributed by atoms with Crippen molar-refractivity contribution in [3.05, 3.63) is 53.2 Å². The lowest BCUT2D eigenvalue weighted by Gasteiger charge is -2.53. The first-order valence-electron chi connectivity index (χ1n) is 11.9. The van der Waals surface area contributed by atoms with Crippen molar-refractivity contribution in [2.45, 2.75) is 57.3 Å². The van der Waals surface area contributed by atoms with Gasteiger partial charge < -0.3 is 19.5 Å². The van der Waals surface area contributed by atoms with E-state index in [0.717, 1.165) is 17.5 Å². The van der Waals surface area contributed by atoms with Gasteiger partial charge in [-0.2, -0.15) is 8.78 Å². The molecule has 2 atom stereocenters. The monoisotopic (exact) mass is 489 g/mol. The lowest BCUT2D eigenvalue weighted by molar-refractivity contribution is -0.130. The lowest BCUT2D eigenvalue weighted by atomic mass is 9.69. The van der Waals surface area contributed by atoms with Crippen molar-refractivity contribution < 1.29 is 27.8 Å². The van der Waals surface area contributed by atoms with E-state index in [-0.39, 0.29) is 35.5 Å². The van der Waals surface area contributed by atoms with Gasteiger partial charge in [0.1, 0.15) is 5.69 Å². The van der Waals surface area contributed by atoms with Gasteiger partial charge in [0.25, 0.3) is 0 Å². The fourth-order valence-corrected chi connectivity index (χ4v) is 4.92. The summed E-state index contributed by atoms with van der Waals surface area (Å²) >= 11 is 0. The Morgan fingerprint density at radius 3 is 2.60 bits per heavy atom. The number of benzene rings is 1. The molecule has 1 amide bonds. The minimum atomic E-state index is -3.05. The molecule has 9 heteroatoms. The summed E-state index contributed by atoms with van der Waals surface area (Å²) in [5, 5.41) is 2.86. The number of hydrogen-bond donors (Lipinski definition) is 1. The molecule has 35 heavy (non-hydrogen) atoms. The Balaban J connectivity index is 1.66. The lowest BCUT2D eigenvalue weighted by Crippen LogP contribution is -2.68. The van der Waals surface area contributed by atoms with Gasteiger partial charge in [0.15, 0.2) is 0 Å². The fraction of sp³-hybridized carbons (Fsp3) is 0.538. The Kier molecular flexibility index (Phi) is 7.68. The smallest absolute Gasteiger partial charge is 0.388 e. The largest absolute Gasteiger partial charge is 0.415 e. The molecule has 1 aromatic carbocycles. The maximum absolute atomic E-state index is 13.9. The number of carbonyl (C=O) groups is 1. The van der Waals surface area contributed by atoms with E-state index in [1.165, 1.54) is 0 Å². The van der Waals surface area contributed by atoms with Crippen LogP contribution in [-0.4, -0.2) is 68.0 Å². The molecule has 2 saturated heterocycles. The van der Waals surface area contributed by atoms with Gasteiger partial charge >= 0.3 is 6.61 Å². The van der Waals surface area contributed by atoms with Crippen LogP contribution in [-0.2, 0) is 19.7 Å². The molecule has 2 aliphatic rings. The second-order valence-corrected chi connectivity index (χ2v) is 9.59. The van der Waals surface area contributed by atoms with Crippen LogP contribution in [0.4, 0.5) is 14.5 Å². The van der Waals surface area contributed by atoms with E-state index >= 15 is 0 Å². The van der Waals surface area contributed by atoms with Gasteiger partial charge in [-0.15, -0.1) is 0 Å². The van der Waals surface area contributed by atoms with Gasteiger partial charge in [-0.1, -0.05) is 38.1 Å². The number of ether oxygens (including phenoxy) is 3. The van der Waals surface area contributed by atoms with E-state index in [1.54, 1.807) is 26.2 Å². The minimum absolute atomic E-state index is 0.127. The zero-order chi connectivity index (χ0) is 25.2. The van der Waals surface area contributed by atoms with Crippen molar-refractivity contribution in [1.29, 1.82) is 0 Å². The van der Waals surface area contributed by atoms with Crippen LogP contribution >= 0.6 is 0 Å². The Morgan fingerprint density at radius 1 is 1.26 bits per heavy atom. The summed E-state index contributed by atoms with van der Waals surface area (Å²) in [6.45, 7) is 5.10. The number of methoxy groups -OCH3 is 1. The number of nitrogens with one attached hydrogen (secondary N) is 1. The van der Waals surface area contributed by atoms with Gasteiger partial charge in [-0.05, 0) is 42.5 Å². The molecule has 190 valence electrons. The average molecular weight is 490 g/mol. The molecule has 2 unspecified atom stereocenters.